The third-order valence-corrected chi connectivity index (χ3v) is 3.36. The summed E-state index contributed by atoms with van der Waals surface area (Å²) in [5, 5.41) is 2.64. The van der Waals surface area contributed by atoms with Crippen molar-refractivity contribution in [1.82, 2.24) is 4.98 Å². The number of rotatable bonds is 5. The minimum atomic E-state index is -0.969. The van der Waals surface area contributed by atoms with Crippen molar-refractivity contribution in [2.75, 3.05) is 5.32 Å². The van der Waals surface area contributed by atoms with E-state index in [1.807, 2.05) is 6.92 Å². The van der Waals surface area contributed by atoms with Gasteiger partial charge in [0.2, 0.25) is 0 Å². The molecule has 1 heterocycles. The van der Waals surface area contributed by atoms with Crippen LogP contribution in [0.5, 0.6) is 0 Å². The normalized spacial score (nSPS) is 14.0. The first-order valence-electron chi connectivity index (χ1n) is 6.98. The average Bonchev–Trinajstić information content (AvgIpc) is 2.33. The second-order valence-electron chi connectivity index (χ2n) is 6.43. The van der Waals surface area contributed by atoms with Crippen molar-refractivity contribution < 1.29 is 14.3 Å². The molecule has 0 aliphatic rings. The number of nitrogens with one attached hydrogen (secondary N) is 1. The molecule has 7 heteroatoms. The lowest BCUT2D eigenvalue weighted by Gasteiger charge is -2.28. The zero-order valence-corrected chi connectivity index (χ0v) is 14.8. The molecule has 3 N–H and O–H groups in total. The maximum absolute atomic E-state index is 12.4. The van der Waals surface area contributed by atoms with E-state index >= 15 is 0 Å². The van der Waals surface area contributed by atoms with Gasteiger partial charge < -0.3 is 15.8 Å². The van der Waals surface area contributed by atoms with Gasteiger partial charge in [-0.2, -0.15) is 0 Å². The Kier molecular flexibility index (Phi) is 6.34. The molecule has 0 aliphatic heterocycles. The molecule has 0 aliphatic carbocycles. The van der Waals surface area contributed by atoms with E-state index in [0.29, 0.717) is 16.8 Å². The Morgan fingerprint density at radius 1 is 1.41 bits per heavy atom. The van der Waals surface area contributed by atoms with E-state index < -0.39 is 18.1 Å². The van der Waals surface area contributed by atoms with Gasteiger partial charge in [-0.05, 0) is 39.9 Å². The van der Waals surface area contributed by atoms with Crippen LogP contribution in [-0.2, 0) is 9.53 Å². The summed E-state index contributed by atoms with van der Waals surface area (Å²) in [6.07, 6.45) is -1.23. The van der Waals surface area contributed by atoms with Gasteiger partial charge in [-0.25, -0.2) is 9.78 Å². The van der Waals surface area contributed by atoms with Gasteiger partial charge in [0.25, 0.3) is 5.91 Å². The Hall–Kier alpha value is -1.63. The number of anilines is 1. The molecule has 2 amide bonds. The molecule has 122 valence electrons. The highest BCUT2D eigenvalue weighted by molar-refractivity contribution is 9.10. The van der Waals surface area contributed by atoms with Crippen molar-refractivity contribution in [2.45, 2.75) is 40.2 Å². The fraction of sp³-hybridized carbons (Fsp3) is 0.533. The van der Waals surface area contributed by atoms with Crippen molar-refractivity contribution in [3.8, 4) is 0 Å². The fourth-order valence-corrected chi connectivity index (χ4v) is 2.65. The Morgan fingerprint density at radius 3 is 2.55 bits per heavy atom. The summed E-state index contributed by atoms with van der Waals surface area (Å²) in [5.74, 6) is -0.249. The van der Waals surface area contributed by atoms with Gasteiger partial charge in [0.15, 0.2) is 6.10 Å². The maximum atomic E-state index is 12.4. The molecule has 0 saturated carbocycles. The molecule has 1 aromatic heterocycles. The predicted molar refractivity (Wildman–Crippen MR) is 88.3 cm³/mol. The number of nitrogens with two attached hydrogens (primary N) is 1. The highest BCUT2D eigenvalue weighted by Crippen LogP contribution is 2.27. The summed E-state index contributed by atoms with van der Waals surface area (Å²) in [6, 6.07) is 5.14. The van der Waals surface area contributed by atoms with Gasteiger partial charge in [-0.3, -0.25) is 4.79 Å². The number of ether oxygens (including phenoxy) is 1. The van der Waals surface area contributed by atoms with Crippen LogP contribution in [-0.4, -0.2) is 23.1 Å². The Bertz CT molecular complexity index is 543. The number of halogens is 1. The van der Waals surface area contributed by atoms with E-state index in [2.05, 4.69) is 47.0 Å². The van der Waals surface area contributed by atoms with Gasteiger partial charge >= 0.3 is 6.09 Å². The maximum Gasteiger partial charge on any atom is 0.405 e. The van der Waals surface area contributed by atoms with E-state index in [0.717, 1.165) is 0 Å². The third kappa shape index (κ3) is 6.43. The van der Waals surface area contributed by atoms with Crippen molar-refractivity contribution in [2.24, 2.45) is 17.1 Å². The van der Waals surface area contributed by atoms with Crippen LogP contribution in [0.4, 0.5) is 10.6 Å². The smallest absolute Gasteiger partial charge is 0.405 e. The molecular weight excluding hydrogens is 350 g/mol. The van der Waals surface area contributed by atoms with E-state index in [4.69, 9.17) is 10.5 Å². The van der Waals surface area contributed by atoms with Crippen LogP contribution < -0.4 is 11.1 Å². The number of primary amides is 1. The molecule has 0 radical (unpaired) electrons. The van der Waals surface area contributed by atoms with Crippen molar-refractivity contribution in [3.05, 3.63) is 22.8 Å². The monoisotopic (exact) mass is 371 g/mol. The number of hydrogen-bond acceptors (Lipinski definition) is 4. The number of aromatic nitrogens is 1. The second kappa shape index (κ2) is 7.58. The van der Waals surface area contributed by atoms with Gasteiger partial charge in [0, 0.05) is 5.92 Å². The summed E-state index contributed by atoms with van der Waals surface area (Å²) < 4.78 is 5.61. The molecule has 1 unspecified atom stereocenters. The van der Waals surface area contributed by atoms with E-state index in [1.165, 1.54) is 0 Å². The van der Waals surface area contributed by atoms with Crippen molar-refractivity contribution >= 4 is 33.7 Å². The second-order valence-corrected chi connectivity index (χ2v) is 7.25. The lowest BCUT2D eigenvalue weighted by atomic mass is 9.83. The minimum absolute atomic E-state index is 0.00697. The number of pyridine rings is 1. The van der Waals surface area contributed by atoms with E-state index in [-0.39, 0.29) is 11.3 Å². The highest BCUT2D eigenvalue weighted by Gasteiger charge is 2.31. The minimum Gasteiger partial charge on any atom is -0.436 e. The molecule has 22 heavy (non-hydrogen) atoms. The van der Waals surface area contributed by atoms with Gasteiger partial charge in [0.1, 0.15) is 10.4 Å². The molecule has 0 saturated heterocycles. The molecular formula is C15H22BrN3O3. The Balaban J connectivity index is 2.86. The number of amides is 2. The summed E-state index contributed by atoms with van der Waals surface area (Å²) in [4.78, 5) is 27.6. The molecule has 1 aromatic rings. The predicted octanol–water partition coefficient (Wildman–Crippen LogP) is 3.32. The van der Waals surface area contributed by atoms with Crippen LogP contribution in [0, 0.1) is 11.3 Å². The van der Waals surface area contributed by atoms with Crippen LogP contribution in [0.25, 0.3) is 0 Å². The highest BCUT2D eigenvalue weighted by atomic mass is 79.9. The number of carbonyl (C=O) groups is 2. The lowest BCUT2D eigenvalue weighted by molar-refractivity contribution is -0.127. The van der Waals surface area contributed by atoms with Crippen molar-refractivity contribution in [1.29, 1.82) is 0 Å². The zero-order valence-electron chi connectivity index (χ0n) is 13.2. The quantitative estimate of drug-likeness (QED) is 0.776. The lowest BCUT2D eigenvalue weighted by Crippen LogP contribution is -2.40. The summed E-state index contributed by atoms with van der Waals surface area (Å²) in [7, 11) is 0. The summed E-state index contributed by atoms with van der Waals surface area (Å²) >= 11 is 3.23. The molecule has 1 rings (SSSR count). The number of carbonyl (C=O) groups excluding carboxylic acids is 2. The fourth-order valence-electron chi connectivity index (χ4n) is 2.30. The summed E-state index contributed by atoms with van der Waals surface area (Å²) in [5.41, 5.74) is 5.08. The van der Waals surface area contributed by atoms with Gasteiger partial charge in [-0.1, -0.05) is 33.8 Å². The van der Waals surface area contributed by atoms with Gasteiger partial charge in [0.05, 0.1) is 0 Å². The molecule has 6 nitrogen and oxygen atoms in total. The average molecular weight is 372 g/mol. The number of hydrogen-bond donors (Lipinski definition) is 2. The zero-order chi connectivity index (χ0) is 16.9. The largest absolute Gasteiger partial charge is 0.436 e. The summed E-state index contributed by atoms with van der Waals surface area (Å²) in [6.45, 7) is 8.02. The van der Waals surface area contributed by atoms with Crippen LogP contribution in [0.15, 0.2) is 22.8 Å². The Morgan fingerprint density at radius 2 is 2.05 bits per heavy atom. The molecule has 0 aromatic carbocycles. The molecule has 0 fully saturated rings. The topological polar surface area (TPSA) is 94.3 Å². The first-order chi connectivity index (χ1) is 10.1. The Labute approximate surface area is 138 Å². The van der Waals surface area contributed by atoms with Crippen LogP contribution in [0.2, 0.25) is 0 Å². The first-order valence-corrected chi connectivity index (χ1v) is 7.77. The standard InChI is InChI=1S/C15H22BrN3O3/c1-9(8-15(2,3)4)12(22-14(17)21)13(20)19-11-7-5-6-10(16)18-11/h5-7,9,12H,8H2,1-4H3,(H2,17,21)(H,18,19,20)/t9?,12-/m1/s1. The SMILES string of the molecule is CC(CC(C)(C)C)[C@@H](OC(N)=O)C(=O)Nc1cccc(Br)n1. The molecule has 0 spiro atoms. The van der Waals surface area contributed by atoms with Crippen LogP contribution in [0.1, 0.15) is 34.1 Å². The molecule has 2 atom stereocenters. The number of nitrogens with zero attached hydrogens (tertiary/aromatic N) is 1. The first kappa shape index (κ1) is 18.4. The van der Waals surface area contributed by atoms with Crippen LogP contribution >= 0.6 is 15.9 Å². The third-order valence-electron chi connectivity index (χ3n) is 2.92. The van der Waals surface area contributed by atoms with Crippen molar-refractivity contribution in [3.63, 3.8) is 0 Å². The van der Waals surface area contributed by atoms with E-state index in [1.54, 1.807) is 18.2 Å². The molecule has 0 bridgehead atoms. The van der Waals surface area contributed by atoms with E-state index in [9.17, 15) is 9.59 Å². The van der Waals surface area contributed by atoms with Gasteiger partial charge in [-0.15, -0.1) is 0 Å². The van der Waals surface area contributed by atoms with Crippen LogP contribution in [0.3, 0.4) is 0 Å².